The summed E-state index contributed by atoms with van der Waals surface area (Å²) in [5.41, 5.74) is 2.14. The highest BCUT2D eigenvalue weighted by atomic mass is 32.2. The molecule has 4 N–H and O–H groups in total. The van der Waals surface area contributed by atoms with E-state index in [0.29, 0.717) is 24.5 Å². The molecule has 4 rings (SSSR count). The molecule has 36 heavy (non-hydrogen) atoms. The lowest BCUT2D eigenvalue weighted by Crippen LogP contribution is -2.26. The zero-order valence-electron chi connectivity index (χ0n) is 20.3. The summed E-state index contributed by atoms with van der Waals surface area (Å²) in [5.74, 6) is 0.816. The van der Waals surface area contributed by atoms with Crippen LogP contribution in [0.2, 0.25) is 0 Å². The lowest BCUT2D eigenvalue weighted by Gasteiger charge is -2.14. The highest BCUT2D eigenvalue weighted by Crippen LogP contribution is 2.31. The van der Waals surface area contributed by atoms with E-state index in [2.05, 4.69) is 15.0 Å². The van der Waals surface area contributed by atoms with E-state index in [9.17, 15) is 17.9 Å². The number of ether oxygens (including phenoxy) is 2. The lowest BCUT2D eigenvalue weighted by atomic mass is 10.1. The zero-order chi connectivity index (χ0) is 25.9. The SMILES string of the molecule is CC(C)Oc1ccc2c(c1)[nH]c1cc(OCCNCC(O)c3ccc(F)c(NS(C)(=O)=O)c3)ccc12. The quantitative estimate of drug-likeness (QED) is 0.221. The van der Waals surface area contributed by atoms with Gasteiger partial charge in [0.15, 0.2) is 0 Å². The maximum atomic E-state index is 13.8. The number of hydrogen-bond donors (Lipinski definition) is 4. The number of aromatic nitrogens is 1. The maximum absolute atomic E-state index is 13.8. The predicted octanol–water partition coefficient (Wildman–Crippen LogP) is 4.32. The van der Waals surface area contributed by atoms with Gasteiger partial charge in [0.1, 0.15) is 23.9 Å². The monoisotopic (exact) mass is 515 g/mol. The Hall–Kier alpha value is -3.34. The third kappa shape index (κ3) is 6.45. The van der Waals surface area contributed by atoms with E-state index in [1.807, 2.05) is 50.2 Å². The molecule has 1 atom stereocenters. The average molecular weight is 516 g/mol. The number of rotatable bonds is 11. The van der Waals surface area contributed by atoms with Gasteiger partial charge >= 0.3 is 0 Å². The average Bonchev–Trinajstić information content (AvgIpc) is 3.15. The summed E-state index contributed by atoms with van der Waals surface area (Å²) >= 11 is 0. The first kappa shape index (κ1) is 25.7. The molecule has 1 heterocycles. The Morgan fingerprint density at radius 2 is 1.67 bits per heavy atom. The fourth-order valence-electron chi connectivity index (χ4n) is 3.93. The van der Waals surface area contributed by atoms with Gasteiger partial charge in [-0.2, -0.15) is 0 Å². The molecular formula is C26H30FN3O5S. The zero-order valence-corrected chi connectivity index (χ0v) is 21.2. The first-order valence-electron chi connectivity index (χ1n) is 11.6. The number of halogens is 1. The predicted molar refractivity (Wildman–Crippen MR) is 140 cm³/mol. The van der Waals surface area contributed by atoms with Crippen molar-refractivity contribution in [3.8, 4) is 11.5 Å². The van der Waals surface area contributed by atoms with Crippen LogP contribution in [-0.4, -0.2) is 50.6 Å². The van der Waals surface area contributed by atoms with Crippen molar-refractivity contribution < 1.29 is 27.4 Å². The van der Waals surface area contributed by atoms with E-state index in [1.165, 1.54) is 12.1 Å². The minimum atomic E-state index is -3.63. The van der Waals surface area contributed by atoms with Crippen molar-refractivity contribution in [3.63, 3.8) is 0 Å². The third-order valence-electron chi connectivity index (χ3n) is 5.47. The molecule has 0 aliphatic heterocycles. The van der Waals surface area contributed by atoms with Gasteiger partial charge in [-0.05, 0) is 55.8 Å². The second-order valence-corrected chi connectivity index (χ2v) is 10.6. The largest absolute Gasteiger partial charge is 0.492 e. The normalized spacial score (nSPS) is 12.8. The van der Waals surface area contributed by atoms with Crippen LogP contribution in [0.15, 0.2) is 54.6 Å². The molecule has 0 amide bonds. The molecule has 0 bridgehead atoms. The van der Waals surface area contributed by atoms with E-state index >= 15 is 0 Å². The molecule has 0 radical (unpaired) electrons. The van der Waals surface area contributed by atoms with Crippen LogP contribution in [0.5, 0.6) is 11.5 Å². The van der Waals surface area contributed by atoms with Crippen molar-refractivity contribution in [2.24, 2.45) is 0 Å². The van der Waals surface area contributed by atoms with Gasteiger partial charge in [-0.3, -0.25) is 4.72 Å². The van der Waals surface area contributed by atoms with Crippen molar-refractivity contribution >= 4 is 37.5 Å². The van der Waals surface area contributed by atoms with Crippen LogP contribution in [0.1, 0.15) is 25.5 Å². The fraction of sp³-hybridized carbons (Fsp3) is 0.308. The molecule has 0 saturated heterocycles. The van der Waals surface area contributed by atoms with Crippen LogP contribution in [-0.2, 0) is 10.0 Å². The number of fused-ring (bicyclic) bond motifs is 3. The van der Waals surface area contributed by atoms with E-state index in [4.69, 9.17) is 9.47 Å². The molecule has 1 aromatic heterocycles. The Labute approximate surface area is 209 Å². The molecule has 1 unspecified atom stereocenters. The van der Waals surface area contributed by atoms with Gasteiger partial charge in [-0.25, -0.2) is 12.8 Å². The van der Waals surface area contributed by atoms with Gasteiger partial charge in [0.05, 0.1) is 35.2 Å². The van der Waals surface area contributed by atoms with Crippen molar-refractivity contribution in [2.45, 2.75) is 26.1 Å². The molecule has 0 fully saturated rings. The van der Waals surface area contributed by atoms with Crippen LogP contribution in [0.3, 0.4) is 0 Å². The number of aliphatic hydroxyl groups excluding tert-OH is 1. The van der Waals surface area contributed by atoms with Gasteiger partial charge in [0.25, 0.3) is 0 Å². The summed E-state index contributed by atoms with van der Waals surface area (Å²) in [4.78, 5) is 3.41. The molecule has 0 aliphatic carbocycles. The van der Waals surface area contributed by atoms with E-state index in [-0.39, 0.29) is 18.3 Å². The van der Waals surface area contributed by atoms with Crippen LogP contribution in [0.25, 0.3) is 21.8 Å². The van der Waals surface area contributed by atoms with E-state index in [0.717, 1.165) is 39.9 Å². The summed E-state index contributed by atoms with van der Waals surface area (Å²) in [6.45, 7) is 5.01. The van der Waals surface area contributed by atoms with Gasteiger partial charge in [-0.15, -0.1) is 0 Å². The molecule has 10 heteroatoms. The van der Waals surface area contributed by atoms with E-state index < -0.39 is 21.9 Å². The molecule has 3 aromatic carbocycles. The lowest BCUT2D eigenvalue weighted by molar-refractivity contribution is 0.172. The number of hydrogen-bond acceptors (Lipinski definition) is 6. The molecule has 4 aromatic rings. The molecular weight excluding hydrogens is 485 g/mol. The highest BCUT2D eigenvalue weighted by Gasteiger charge is 2.13. The third-order valence-corrected chi connectivity index (χ3v) is 6.06. The van der Waals surface area contributed by atoms with Crippen molar-refractivity contribution in [1.29, 1.82) is 0 Å². The van der Waals surface area contributed by atoms with Crippen LogP contribution in [0, 0.1) is 5.82 Å². The van der Waals surface area contributed by atoms with Gasteiger partial charge < -0.3 is 24.9 Å². The van der Waals surface area contributed by atoms with Gasteiger partial charge in [0.2, 0.25) is 10.0 Å². The summed E-state index contributed by atoms with van der Waals surface area (Å²) < 4.78 is 50.4. The van der Waals surface area contributed by atoms with Crippen molar-refractivity contribution in [3.05, 3.63) is 66.0 Å². The van der Waals surface area contributed by atoms with Gasteiger partial charge in [-0.1, -0.05) is 6.07 Å². The van der Waals surface area contributed by atoms with Gasteiger partial charge in [0, 0.05) is 36.0 Å². The Bertz CT molecular complexity index is 1470. The summed E-state index contributed by atoms with van der Waals surface area (Å²) in [6, 6.07) is 15.7. The highest BCUT2D eigenvalue weighted by molar-refractivity contribution is 7.92. The van der Waals surface area contributed by atoms with Crippen LogP contribution < -0.4 is 19.5 Å². The molecule has 8 nitrogen and oxygen atoms in total. The topological polar surface area (TPSA) is 113 Å². The Kier molecular flexibility index (Phi) is 7.67. The Balaban J connectivity index is 1.31. The van der Waals surface area contributed by atoms with Crippen LogP contribution in [0.4, 0.5) is 10.1 Å². The van der Waals surface area contributed by atoms with Crippen molar-refractivity contribution in [2.75, 3.05) is 30.7 Å². The molecule has 0 spiro atoms. The first-order chi connectivity index (χ1) is 17.1. The maximum Gasteiger partial charge on any atom is 0.229 e. The molecule has 0 saturated carbocycles. The number of aromatic amines is 1. The fourth-order valence-corrected chi connectivity index (χ4v) is 4.49. The second-order valence-electron chi connectivity index (χ2n) is 8.89. The Morgan fingerprint density at radius 3 is 2.33 bits per heavy atom. The van der Waals surface area contributed by atoms with Crippen molar-refractivity contribution in [1.82, 2.24) is 10.3 Å². The molecule has 0 aliphatic rings. The number of benzene rings is 3. The van der Waals surface area contributed by atoms with Crippen LogP contribution >= 0.6 is 0 Å². The minimum absolute atomic E-state index is 0.103. The summed E-state index contributed by atoms with van der Waals surface area (Å²) in [7, 11) is -3.63. The summed E-state index contributed by atoms with van der Waals surface area (Å²) in [6.07, 6.45) is 0.0932. The number of sulfonamides is 1. The number of nitrogens with one attached hydrogen (secondary N) is 3. The van der Waals surface area contributed by atoms with E-state index in [1.54, 1.807) is 0 Å². The first-order valence-corrected chi connectivity index (χ1v) is 13.5. The summed E-state index contributed by atoms with van der Waals surface area (Å²) in [5, 5.41) is 15.7. The number of anilines is 1. The Morgan fingerprint density at radius 1 is 1.00 bits per heavy atom. The molecule has 192 valence electrons. The standard InChI is InChI=1S/C26H30FN3O5S/c1-16(2)35-19-6-8-21-20-7-5-18(13-23(20)29-24(21)14-19)34-11-10-28-15-26(31)17-4-9-22(27)25(12-17)30-36(3,32)33/h4-9,12-14,16,26,28-31H,10-11,15H2,1-3H3. The second kappa shape index (κ2) is 10.7. The number of aliphatic hydroxyl groups is 1. The minimum Gasteiger partial charge on any atom is -0.492 e. The smallest absolute Gasteiger partial charge is 0.229 e. The number of H-pyrrole nitrogens is 1.